The third-order valence-corrected chi connectivity index (χ3v) is 2.74. The van der Waals surface area contributed by atoms with Gasteiger partial charge in [0.2, 0.25) is 5.75 Å². The van der Waals surface area contributed by atoms with Crippen LogP contribution in [0.2, 0.25) is 0 Å². The number of halogens is 1. The van der Waals surface area contributed by atoms with E-state index in [2.05, 4.69) is 12.2 Å². The van der Waals surface area contributed by atoms with Crippen LogP contribution in [-0.2, 0) is 6.42 Å². The molecular weight excluding hydrogens is 266 g/mol. The van der Waals surface area contributed by atoms with E-state index in [0.717, 1.165) is 25.9 Å². The molecular formula is C14H24ClNO3. The van der Waals surface area contributed by atoms with Gasteiger partial charge in [0, 0.05) is 0 Å². The van der Waals surface area contributed by atoms with Crippen LogP contribution in [0.15, 0.2) is 12.1 Å². The molecule has 19 heavy (non-hydrogen) atoms. The van der Waals surface area contributed by atoms with Gasteiger partial charge >= 0.3 is 0 Å². The Balaban J connectivity index is 0.00000324. The van der Waals surface area contributed by atoms with Crippen molar-refractivity contribution < 1.29 is 14.2 Å². The molecule has 1 aromatic carbocycles. The summed E-state index contributed by atoms with van der Waals surface area (Å²) >= 11 is 0. The Kier molecular flexibility index (Phi) is 9.17. The quantitative estimate of drug-likeness (QED) is 0.747. The highest BCUT2D eigenvalue weighted by Gasteiger charge is 2.12. The van der Waals surface area contributed by atoms with Crippen molar-refractivity contribution in [2.75, 3.05) is 34.4 Å². The van der Waals surface area contributed by atoms with Gasteiger partial charge < -0.3 is 19.5 Å². The molecule has 1 aromatic rings. The van der Waals surface area contributed by atoms with Crippen LogP contribution in [-0.4, -0.2) is 34.4 Å². The summed E-state index contributed by atoms with van der Waals surface area (Å²) in [5, 5.41) is 3.37. The molecule has 0 amide bonds. The van der Waals surface area contributed by atoms with Crippen molar-refractivity contribution in [2.24, 2.45) is 0 Å². The molecule has 5 heteroatoms. The van der Waals surface area contributed by atoms with Gasteiger partial charge in [0.1, 0.15) is 0 Å². The Morgan fingerprint density at radius 3 is 1.95 bits per heavy atom. The van der Waals surface area contributed by atoms with Gasteiger partial charge in [0.15, 0.2) is 11.5 Å². The van der Waals surface area contributed by atoms with Crippen LogP contribution in [0, 0.1) is 0 Å². The minimum atomic E-state index is 0. The molecule has 1 rings (SSSR count). The smallest absolute Gasteiger partial charge is 0.203 e. The van der Waals surface area contributed by atoms with E-state index < -0.39 is 0 Å². The van der Waals surface area contributed by atoms with Crippen molar-refractivity contribution in [3.05, 3.63) is 17.7 Å². The summed E-state index contributed by atoms with van der Waals surface area (Å²) in [6, 6.07) is 3.99. The first-order valence-corrected chi connectivity index (χ1v) is 6.26. The maximum atomic E-state index is 5.32. The first-order valence-electron chi connectivity index (χ1n) is 6.26. The lowest BCUT2D eigenvalue weighted by molar-refractivity contribution is 0.323. The van der Waals surface area contributed by atoms with Crippen molar-refractivity contribution in [1.29, 1.82) is 0 Å². The van der Waals surface area contributed by atoms with E-state index in [4.69, 9.17) is 14.2 Å². The van der Waals surface area contributed by atoms with Gasteiger partial charge in [0.05, 0.1) is 21.3 Å². The first kappa shape index (κ1) is 17.9. The van der Waals surface area contributed by atoms with Crippen molar-refractivity contribution in [3.63, 3.8) is 0 Å². The summed E-state index contributed by atoms with van der Waals surface area (Å²) in [5.74, 6) is 2.06. The fourth-order valence-corrected chi connectivity index (χ4v) is 1.81. The first-order chi connectivity index (χ1) is 8.76. The molecule has 0 fully saturated rings. The van der Waals surface area contributed by atoms with Crippen LogP contribution in [0.1, 0.15) is 18.9 Å². The molecule has 0 aromatic heterocycles. The van der Waals surface area contributed by atoms with Crippen LogP contribution in [0.25, 0.3) is 0 Å². The molecule has 1 N–H and O–H groups in total. The molecule has 0 spiro atoms. The molecule has 0 unspecified atom stereocenters. The van der Waals surface area contributed by atoms with Gasteiger partial charge in [0.25, 0.3) is 0 Å². The fraction of sp³-hybridized carbons (Fsp3) is 0.571. The summed E-state index contributed by atoms with van der Waals surface area (Å²) in [6.45, 7) is 4.16. The average molecular weight is 290 g/mol. The predicted octanol–water partition coefficient (Wildman–Crippen LogP) is 2.68. The topological polar surface area (TPSA) is 39.7 Å². The van der Waals surface area contributed by atoms with E-state index >= 15 is 0 Å². The normalized spacial score (nSPS) is 9.68. The van der Waals surface area contributed by atoms with E-state index in [1.54, 1.807) is 21.3 Å². The highest BCUT2D eigenvalue weighted by Crippen LogP contribution is 2.38. The molecule has 0 radical (unpaired) electrons. The predicted molar refractivity (Wildman–Crippen MR) is 80.2 cm³/mol. The van der Waals surface area contributed by atoms with E-state index in [-0.39, 0.29) is 12.4 Å². The number of methoxy groups -OCH3 is 3. The molecule has 110 valence electrons. The van der Waals surface area contributed by atoms with E-state index in [1.165, 1.54) is 5.56 Å². The summed E-state index contributed by atoms with van der Waals surface area (Å²) in [5.41, 5.74) is 1.17. The molecule has 0 saturated heterocycles. The molecule has 0 saturated carbocycles. The van der Waals surface area contributed by atoms with E-state index in [9.17, 15) is 0 Å². The van der Waals surface area contributed by atoms with Crippen LogP contribution >= 0.6 is 12.4 Å². The Bertz CT molecular complexity index is 347. The Morgan fingerprint density at radius 2 is 1.53 bits per heavy atom. The van der Waals surface area contributed by atoms with E-state index in [0.29, 0.717) is 17.2 Å². The average Bonchev–Trinajstić information content (AvgIpc) is 2.42. The maximum Gasteiger partial charge on any atom is 0.203 e. The van der Waals surface area contributed by atoms with Gasteiger partial charge in [-0.3, -0.25) is 0 Å². The Labute approximate surface area is 121 Å². The number of benzene rings is 1. The van der Waals surface area contributed by atoms with Gasteiger partial charge in [-0.1, -0.05) is 6.92 Å². The minimum Gasteiger partial charge on any atom is -0.493 e. The second kappa shape index (κ2) is 9.75. The van der Waals surface area contributed by atoms with Crippen molar-refractivity contribution in [3.8, 4) is 17.2 Å². The zero-order valence-electron chi connectivity index (χ0n) is 12.1. The molecule has 4 nitrogen and oxygen atoms in total. The summed E-state index contributed by atoms with van der Waals surface area (Å²) in [4.78, 5) is 0. The number of rotatable bonds is 8. The third kappa shape index (κ3) is 5.17. The number of hydrogen-bond acceptors (Lipinski definition) is 4. The highest BCUT2D eigenvalue weighted by molar-refractivity contribution is 5.85. The molecule has 0 aliphatic rings. The van der Waals surface area contributed by atoms with Crippen molar-refractivity contribution in [1.82, 2.24) is 5.32 Å². The van der Waals surface area contributed by atoms with Gasteiger partial charge in [-0.25, -0.2) is 0 Å². The monoisotopic (exact) mass is 289 g/mol. The lowest BCUT2D eigenvalue weighted by Crippen LogP contribution is -2.17. The second-order valence-corrected chi connectivity index (χ2v) is 4.03. The van der Waals surface area contributed by atoms with Crippen LogP contribution < -0.4 is 19.5 Å². The SMILES string of the molecule is CCCNCCc1cc(OC)c(OC)c(OC)c1.Cl. The molecule has 0 atom stereocenters. The van der Waals surface area contributed by atoms with Gasteiger partial charge in [-0.15, -0.1) is 12.4 Å². The van der Waals surface area contributed by atoms with Gasteiger partial charge in [-0.05, 0) is 43.6 Å². The number of nitrogens with one attached hydrogen (secondary N) is 1. The third-order valence-electron chi connectivity index (χ3n) is 2.74. The largest absolute Gasteiger partial charge is 0.493 e. The fourth-order valence-electron chi connectivity index (χ4n) is 1.81. The molecule has 0 aliphatic heterocycles. The van der Waals surface area contributed by atoms with E-state index in [1.807, 2.05) is 12.1 Å². The molecule has 0 aliphatic carbocycles. The Hall–Kier alpha value is -1.13. The van der Waals surface area contributed by atoms with Crippen LogP contribution in [0.3, 0.4) is 0 Å². The number of ether oxygens (including phenoxy) is 3. The molecule has 0 heterocycles. The second-order valence-electron chi connectivity index (χ2n) is 4.03. The lowest BCUT2D eigenvalue weighted by Gasteiger charge is -2.14. The maximum absolute atomic E-state index is 5.32. The summed E-state index contributed by atoms with van der Waals surface area (Å²) in [7, 11) is 4.88. The van der Waals surface area contributed by atoms with Crippen molar-refractivity contribution >= 4 is 12.4 Å². The zero-order chi connectivity index (χ0) is 13.4. The highest BCUT2D eigenvalue weighted by atomic mass is 35.5. The van der Waals surface area contributed by atoms with Crippen LogP contribution in [0.5, 0.6) is 17.2 Å². The molecule has 0 bridgehead atoms. The lowest BCUT2D eigenvalue weighted by atomic mass is 10.1. The standard InChI is InChI=1S/C14H23NO3.ClH/c1-5-7-15-8-6-11-9-12(16-2)14(18-4)13(10-11)17-3;/h9-10,15H,5-8H2,1-4H3;1H. The van der Waals surface area contributed by atoms with Crippen molar-refractivity contribution in [2.45, 2.75) is 19.8 Å². The number of hydrogen-bond donors (Lipinski definition) is 1. The van der Waals surface area contributed by atoms with Crippen LogP contribution in [0.4, 0.5) is 0 Å². The van der Waals surface area contributed by atoms with Gasteiger partial charge in [-0.2, -0.15) is 0 Å². The minimum absolute atomic E-state index is 0. The summed E-state index contributed by atoms with van der Waals surface area (Å²) in [6.07, 6.45) is 2.09. The Morgan fingerprint density at radius 1 is 0.947 bits per heavy atom. The zero-order valence-corrected chi connectivity index (χ0v) is 12.9. The summed E-state index contributed by atoms with van der Waals surface area (Å²) < 4.78 is 15.9.